The van der Waals surface area contributed by atoms with Gasteiger partial charge in [0.05, 0.1) is 12.8 Å². The van der Waals surface area contributed by atoms with E-state index in [0.717, 1.165) is 43.1 Å². The van der Waals surface area contributed by atoms with Crippen molar-refractivity contribution in [1.29, 1.82) is 0 Å². The van der Waals surface area contributed by atoms with Crippen LogP contribution in [0.3, 0.4) is 0 Å². The van der Waals surface area contributed by atoms with E-state index in [4.69, 9.17) is 4.42 Å². The first-order valence-corrected chi connectivity index (χ1v) is 6.87. The Morgan fingerprint density at radius 1 is 1.15 bits per heavy atom. The first-order valence-electron chi connectivity index (χ1n) is 6.87. The predicted molar refractivity (Wildman–Crippen MR) is 77.7 cm³/mol. The number of hydrogen-bond acceptors (Lipinski definition) is 3. The molecule has 0 bridgehead atoms. The second-order valence-corrected chi connectivity index (χ2v) is 5.00. The molecule has 0 aliphatic rings. The Balaban J connectivity index is 1.86. The number of nitrogens with zero attached hydrogens (tertiary/aromatic N) is 1. The number of benzene rings is 1. The van der Waals surface area contributed by atoms with E-state index in [1.54, 1.807) is 6.26 Å². The third kappa shape index (κ3) is 4.47. The summed E-state index contributed by atoms with van der Waals surface area (Å²) in [7, 11) is 2.02. The Kier molecular flexibility index (Phi) is 5.32. The molecule has 2 aromatic rings. The number of halogens is 1. The molecule has 0 saturated heterocycles. The molecule has 0 saturated carbocycles. The van der Waals surface area contributed by atoms with Gasteiger partial charge >= 0.3 is 0 Å². The van der Waals surface area contributed by atoms with Gasteiger partial charge < -0.3 is 9.73 Å². The van der Waals surface area contributed by atoms with Crippen molar-refractivity contribution in [1.82, 2.24) is 10.2 Å². The fourth-order valence-corrected chi connectivity index (χ4v) is 2.09. The molecule has 1 heterocycles. The van der Waals surface area contributed by atoms with E-state index < -0.39 is 0 Å². The van der Waals surface area contributed by atoms with Crippen LogP contribution < -0.4 is 5.32 Å². The van der Waals surface area contributed by atoms with Crippen molar-refractivity contribution < 1.29 is 8.81 Å². The van der Waals surface area contributed by atoms with Crippen LogP contribution in [-0.2, 0) is 19.6 Å². The smallest absolute Gasteiger partial charge is 0.123 e. The summed E-state index contributed by atoms with van der Waals surface area (Å²) in [4.78, 5) is 2.14. The second kappa shape index (κ2) is 7.22. The molecule has 4 heteroatoms. The minimum atomic E-state index is -0.199. The second-order valence-electron chi connectivity index (χ2n) is 5.00. The topological polar surface area (TPSA) is 28.4 Å². The van der Waals surface area contributed by atoms with Crippen molar-refractivity contribution in [2.45, 2.75) is 26.6 Å². The number of hydrogen-bond donors (Lipinski definition) is 1. The number of nitrogens with one attached hydrogen (secondary N) is 1. The normalized spacial score (nSPS) is 11.2. The SMILES string of the molecule is CCNCc1coc(CN(C)Cc2ccc(F)cc2)c1. The molecule has 3 nitrogen and oxygen atoms in total. The Morgan fingerprint density at radius 3 is 2.60 bits per heavy atom. The molecule has 0 atom stereocenters. The third-order valence-electron chi connectivity index (χ3n) is 3.08. The largest absolute Gasteiger partial charge is 0.468 e. The van der Waals surface area contributed by atoms with Crippen LogP contribution in [0.15, 0.2) is 41.0 Å². The Bertz CT molecular complexity index is 522. The van der Waals surface area contributed by atoms with Crippen LogP contribution >= 0.6 is 0 Å². The van der Waals surface area contributed by atoms with Gasteiger partial charge in [-0.25, -0.2) is 4.39 Å². The molecule has 1 aromatic heterocycles. The van der Waals surface area contributed by atoms with Crippen molar-refractivity contribution in [3.8, 4) is 0 Å². The van der Waals surface area contributed by atoms with E-state index in [9.17, 15) is 4.39 Å². The van der Waals surface area contributed by atoms with Gasteiger partial charge in [-0.1, -0.05) is 19.1 Å². The maximum absolute atomic E-state index is 12.8. The van der Waals surface area contributed by atoms with Crippen molar-refractivity contribution >= 4 is 0 Å². The summed E-state index contributed by atoms with van der Waals surface area (Å²) in [6.07, 6.45) is 1.80. The van der Waals surface area contributed by atoms with E-state index in [1.165, 1.54) is 12.1 Å². The lowest BCUT2D eigenvalue weighted by molar-refractivity contribution is 0.287. The molecule has 0 unspecified atom stereocenters. The fourth-order valence-electron chi connectivity index (χ4n) is 2.09. The average Bonchev–Trinajstić information content (AvgIpc) is 2.86. The monoisotopic (exact) mass is 276 g/mol. The molecular weight excluding hydrogens is 255 g/mol. The molecule has 108 valence electrons. The van der Waals surface area contributed by atoms with Crippen LogP contribution in [0, 0.1) is 5.82 Å². The number of rotatable bonds is 7. The molecule has 0 amide bonds. The lowest BCUT2D eigenvalue weighted by Crippen LogP contribution is -2.16. The van der Waals surface area contributed by atoms with Gasteiger partial charge in [-0.2, -0.15) is 0 Å². The summed E-state index contributed by atoms with van der Waals surface area (Å²) in [5, 5.41) is 3.27. The minimum absolute atomic E-state index is 0.199. The van der Waals surface area contributed by atoms with Gasteiger partial charge in [0.1, 0.15) is 11.6 Å². The molecule has 0 radical (unpaired) electrons. The summed E-state index contributed by atoms with van der Waals surface area (Å²) >= 11 is 0. The maximum Gasteiger partial charge on any atom is 0.123 e. The van der Waals surface area contributed by atoms with E-state index >= 15 is 0 Å². The van der Waals surface area contributed by atoms with E-state index in [-0.39, 0.29) is 5.82 Å². The molecule has 2 rings (SSSR count). The quantitative estimate of drug-likeness (QED) is 0.842. The van der Waals surface area contributed by atoms with Gasteiger partial charge in [-0.05, 0) is 37.4 Å². The van der Waals surface area contributed by atoms with Gasteiger partial charge in [0.25, 0.3) is 0 Å². The van der Waals surface area contributed by atoms with Gasteiger partial charge in [-0.15, -0.1) is 0 Å². The highest BCUT2D eigenvalue weighted by Crippen LogP contribution is 2.12. The predicted octanol–water partition coefficient (Wildman–Crippen LogP) is 3.16. The molecule has 20 heavy (non-hydrogen) atoms. The van der Waals surface area contributed by atoms with Crippen LogP contribution in [0.1, 0.15) is 23.8 Å². The molecule has 0 spiro atoms. The van der Waals surface area contributed by atoms with Crippen LogP contribution in [0.25, 0.3) is 0 Å². The summed E-state index contributed by atoms with van der Waals surface area (Å²) in [5.74, 6) is 0.748. The zero-order chi connectivity index (χ0) is 14.4. The zero-order valence-corrected chi connectivity index (χ0v) is 12.0. The Labute approximate surface area is 119 Å². The standard InChI is InChI=1S/C16H21FN2O/c1-3-18-9-14-8-16(20-12-14)11-19(2)10-13-4-6-15(17)7-5-13/h4-8,12,18H,3,9-11H2,1-2H3. The molecule has 0 aliphatic carbocycles. The van der Waals surface area contributed by atoms with Crippen LogP contribution in [0.2, 0.25) is 0 Å². The molecular formula is C16H21FN2O. The lowest BCUT2D eigenvalue weighted by Gasteiger charge is -2.14. The van der Waals surface area contributed by atoms with Crippen molar-refractivity contribution in [2.75, 3.05) is 13.6 Å². The van der Waals surface area contributed by atoms with Gasteiger partial charge in [0.2, 0.25) is 0 Å². The van der Waals surface area contributed by atoms with Crippen molar-refractivity contribution in [3.05, 3.63) is 59.3 Å². The molecule has 1 aromatic carbocycles. The molecule has 0 aliphatic heterocycles. The van der Waals surface area contributed by atoms with E-state index in [1.807, 2.05) is 19.2 Å². The lowest BCUT2D eigenvalue weighted by atomic mass is 10.2. The fraction of sp³-hybridized carbons (Fsp3) is 0.375. The molecule has 1 N–H and O–H groups in total. The highest BCUT2D eigenvalue weighted by molar-refractivity contribution is 5.16. The summed E-state index contributed by atoms with van der Waals surface area (Å²) < 4.78 is 18.4. The highest BCUT2D eigenvalue weighted by atomic mass is 19.1. The summed E-state index contributed by atoms with van der Waals surface area (Å²) in [6.45, 7) is 5.37. The highest BCUT2D eigenvalue weighted by Gasteiger charge is 2.06. The number of furan rings is 1. The van der Waals surface area contributed by atoms with Crippen LogP contribution in [-0.4, -0.2) is 18.5 Å². The Morgan fingerprint density at radius 2 is 1.90 bits per heavy atom. The van der Waals surface area contributed by atoms with Gasteiger partial charge in [-0.3, -0.25) is 4.90 Å². The first-order chi connectivity index (χ1) is 9.67. The Hall–Kier alpha value is -1.65. The van der Waals surface area contributed by atoms with Crippen LogP contribution in [0.5, 0.6) is 0 Å². The van der Waals surface area contributed by atoms with E-state index in [0.29, 0.717) is 0 Å². The van der Waals surface area contributed by atoms with Crippen molar-refractivity contribution in [2.24, 2.45) is 0 Å². The van der Waals surface area contributed by atoms with Gasteiger partial charge in [0.15, 0.2) is 0 Å². The van der Waals surface area contributed by atoms with E-state index in [2.05, 4.69) is 23.2 Å². The molecule has 0 fully saturated rings. The summed E-state index contributed by atoms with van der Waals surface area (Å²) in [5.41, 5.74) is 2.25. The first kappa shape index (κ1) is 14.8. The van der Waals surface area contributed by atoms with Crippen molar-refractivity contribution in [3.63, 3.8) is 0 Å². The minimum Gasteiger partial charge on any atom is -0.468 e. The van der Waals surface area contributed by atoms with Crippen LogP contribution in [0.4, 0.5) is 4.39 Å². The summed E-state index contributed by atoms with van der Waals surface area (Å²) in [6, 6.07) is 8.67. The zero-order valence-electron chi connectivity index (χ0n) is 12.0. The van der Waals surface area contributed by atoms with Gasteiger partial charge in [0, 0.05) is 18.7 Å². The maximum atomic E-state index is 12.8. The third-order valence-corrected chi connectivity index (χ3v) is 3.08. The average molecular weight is 276 g/mol.